The van der Waals surface area contributed by atoms with Crippen molar-refractivity contribution in [3.8, 4) is 28.4 Å². The van der Waals surface area contributed by atoms with Crippen LogP contribution in [0.5, 0.6) is 5.75 Å². The monoisotopic (exact) mass is 490 g/mol. The van der Waals surface area contributed by atoms with Crippen LogP contribution in [0.3, 0.4) is 0 Å². The molecule has 0 bridgehead atoms. The van der Waals surface area contributed by atoms with Gasteiger partial charge in [-0.15, -0.1) is 10.2 Å². The zero-order valence-corrected chi connectivity index (χ0v) is 21.5. The van der Waals surface area contributed by atoms with Gasteiger partial charge in [0.25, 0.3) is 0 Å². The lowest BCUT2D eigenvalue weighted by Crippen LogP contribution is -2.32. The molecule has 0 saturated heterocycles. The van der Waals surface area contributed by atoms with Gasteiger partial charge in [-0.3, -0.25) is 9.48 Å². The summed E-state index contributed by atoms with van der Waals surface area (Å²) in [6.07, 6.45) is 1.95. The largest absolute Gasteiger partial charge is 0.497 e. The van der Waals surface area contributed by atoms with E-state index >= 15 is 0 Å². The van der Waals surface area contributed by atoms with E-state index in [1.807, 2.05) is 87.1 Å². The Morgan fingerprint density at radius 2 is 1.91 bits per heavy atom. The van der Waals surface area contributed by atoms with Gasteiger partial charge < -0.3 is 14.2 Å². The molecule has 0 atom stereocenters. The Morgan fingerprint density at radius 3 is 2.63 bits per heavy atom. The van der Waals surface area contributed by atoms with Crippen molar-refractivity contribution >= 4 is 23.4 Å². The van der Waals surface area contributed by atoms with E-state index in [0.717, 1.165) is 39.6 Å². The second-order valence-electron chi connectivity index (χ2n) is 8.11. The molecule has 1 amide bonds. The number of ether oxygens (including phenoxy) is 1. The van der Waals surface area contributed by atoms with Crippen molar-refractivity contribution < 1.29 is 9.53 Å². The average Bonchev–Trinajstić information content (AvgIpc) is 3.45. The van der Waals surface area contributed by atoms with Gasteiger partial charge in [0.05, 0.1) is 18.4 Å². The van der Waals surface area contributed by atoms with E-state index in [0.29, 0.717) is 18.2 Å². The predicted molar refractivity (Wildman–Crippen MR) is 140 cm³/mol. The molecule has 2 aromatic heterocycles. The van der Waals surface area contributed by atoms with Crippen LogP contribution in [-0.2, 0) is 18.4 Å². The minimum absolute atomic E-state index is 0.0359. The van der Waals surface area contributed by atoms with Crippen LogP contribution in [0.2, 0.25) is 0 Å². The minimum atomic E-state index is 0.0359. The number of hydrogen-bond donors (Lipinski definition) is 0. The molecule has 0 unspecified atom stereocenters. The lowest BCUT2D eigenvalue weighted by molar-refractivity contribution is -0.116. The molecule has 4 rings (SSSR count). The van der Waals surface area contributed by atoms with E-state index in [1.165, 1.54) is 11.8 Å². The Hall–Kier alpha value is -3.59. The fourth-order valence-electron chi connectivity index (χ4n) is 4.02. The van der Waals surface area contributed by atoms with Gasteiger partial charge in [0.15, 0.2) is 11.0 Å². The molecule has 0 saturated carbocycles. The van der Waals surface area contributed by atoms with Gasteiger partial charge in [0.1, 0.15) is 11.4 Å². The maximum atomic E-state index is 13.1. The van der Waals surface area contributed by atoms with Crippen molar-refractivity contribution in [3.05, 3.63) is 60.3 Å². The summed E-state index contributed by atoms with van der Waals surface area (Å²) in [5.41, 5.74) is 4.65. The van der Waals surface area contributed by atoms with E-state index in [4.69, 9.17) is 4.74 Å². The molecular weight excluding hydrogens is 460 g/mol. The third-order valence-electron chi connectivity index (χ3n) is 5.70. The molecule has 0 aliphatic heterocycles. The number of aryl methyl sites for hydroxylation is 2. The second kappa shape index (κ2) is 10.8. The van der Waals surface area contributed by atoms with E-state index in [2.05, 4.69) is 15.3 Å². The Balaban J connectivity index is 1.59. The standard InChI is InChI=1S/C26H30N6O2S/c1-6-31(20-12-8-10-18(3)14-20)23(33)17-35-26-28-27-25(32(26)7-2)22-16-30(4)29-24(22)19-11-9-13-21(15-19)34-5/h8-16H,6-7,17H2,1-5H3. The average molecular weight is 491 g/mol. The predicted octanol–water partition coefficient (Wildman–Crippen LogP) is 4.83. The summed E-state index contributed by atoms with van der Waals surface area (Å²) < 4.78 is 9.20. The molecule has 0 fully saturated rings. The lowest BCUT2D eigenvalue weighted by atomic mass is 10.1. The molecule has 182 valence electrons. The Labute approximate surface area is 209 Å². The fraction of sp³-hybridized carbons (Fsp3) is 0.308. The molecular formula is C26H30N6O2S. The molecule has 35 heavy (non-hydrogen) atoms. The molecule has 0 spiro atoms. The number of nitrogens with zero attached hydrogens (tertiary/aromatic N) is 6. The number of benzene rings is 2. The first-order valence-electron chi connectivity index (χ1n) is 11.6. The molecule has 4 aromatic rings. The number of hydrogen-bond acceptors (Lipinski definition) is 6. The first-order valence-corrected chi connectivity index (χ1v) is 12.5. The summed E-state index contributed by atoms with van der Waals surface area (Å²) in [5, 5.41) is 14.3. The first kappa shape index (κ1) is 24.5. The molecule has 2 aromatic carbocycles. The van der Waals surface area contributed by atoms with Crippen molar-refractivity contribution in [3.63, 3.8) is 0 Å². The Bertz CT molecular complexity index is 1330. The highest BCUT2D eigenvalue weighted by Crippen LogP contribution is 2.33. The molecule has 0 aliphatic rings. The molecule has 9 heteroatoms. The second-order valence-corrected chi connectivity index (χ2v) is 9.06. The van der Waals surface area contributed by atoms with Crippen molar-refractivity contribution in [2.75, 3.05) is 24.3 Å². The van der Waals surface area contributed by atoms with E-state index < -0.39 is 0 Å². The Morgan fingerprint density at radius 1 is 1.11 bits per heavy atom. The zero-order valence-electron chi connectivity index (χ0n) is 20.7. The van der Waals surface area contributed by atoms with Crippen LogP contribution in [0.15, 0.2) is 59.9 Å². The minimum Gasteiger partial charge on any atom is -0.497 e. The fourth-order valence-corrected chi connectivity index (χ4v) is 4.90. The number of rotatable bonds is 9. The molecule has 0 radical (unpaired) electrons. The zero-order chi connectivity index (χ0) is 24.9. The quantitative estimate of drug-likeness (QED) is 0.313. The Kier molecular flexibility index (Phi) is 7.55. The van der Waals surface area contributed by atoms with Crippen LogP contribution < -0.4 is 9.64 Å². The highest BCUT2D eigenvalue weighted by Gasteiger charge is 2.22. The van der Waals surface area contributed by atoms with E-state index in [1.54, 1.807) is 16.7 Å². The van der Waals surface area contributed by atoms with Gasteiger partial charge in [0.2, 0.25) is 5.91 Å². The summed E-state index contributed by atoms with van der Waals surface area (Å²) in [6, 6.07) is 15.8. The van der Waals surface area contributed by atoms with Crippen LogP contribution in [0, 0.1) is 6.92 Å². The third kappa shape index (κ3) is 5.24. The van der Waals surface area contributed by atoms with Crippen molar-refractivity contribution in [1.82, 2.24) is 24.5 Å². The SMILES string of the molecule is CCN(C(=O)CSc1nnc(-c2cn(C)nc2-c2cccc(OC)c2)n1CC)c1cccc(C)c1. The summed E-state index contributed by atoms with van der Waals surface area (Å²) in [4.78, 5) is 14.9. The number of anilines is 1. The van der Waals surface area contributed by atoms with E-state index in [-0.39, 0.29) is 11.7 Å². The summed E-state index contributed by atoms with van der Waals surface area (Å²) >= 11 is 1.40. The smallest absolute Gasteiger partial charge is 0.237 e. The van der Waals surface area contributed by atoms with Gasteiger partial charge >= 0.3 is 0 Å². The molecule has 2 heterocycles. The highest BCUT2D eigenvalue weighted by molar-refractivity contribution is 7.99. The number of carbonyl (C=O) groups is 1. The van der Waals surface area contributed by atoms with E-state index in [9.17, 15) is 4.79 Å². The summed E-state index contributed by atoms with van der Waals surface area (Å²) in [6.45, 7) is 7.33. The molecule has 8 nitrogen and oxygen atoms in total. The third-order valence-corrected chi connectivity index (χ3v) is 6.65. The summed E-state index contributed by atoms with van der Waals surface area (Å²) in [7, 11) is 3.54. The van der Waals surface area contributed by atoms with Gasteiger partial charge in [-0.25, -0.2) is 0 Å². The normalized spacial score (nSPS) is 11.0. The topological polar surface area (TPSA) is 78.1 Å². The van der Waals surface area contributed by atoms with Crippen LogP contribution in [0.25, 0.3) is 22.6 Å². The van der Waals surface area contributed by atoms with Crippen LogP contribution >= 0.6 is 11.8 Å². The first-order chi connectivity index (χ1) is 16.9. The van der Waals surface area contributed by atoms with Gasteiger partial charge in [-0.2, -0.15) is 5.10 Å². The maximum Gasteiger partial charge on any atom is 0.237 e. The number of thioether (sulfide) groups is 1. The maximum absolute atomic E-state index is 13.1. The van der Waals surface area contributed by atoms with Crippen LogP contribution in [0.4, 0.5) is 5.69 Å². The number of methoxy groups -OCH3 is 1. The van der Waals surface area contributed by atoms with Crippen molar-refractivity contribution in [2.45, 2.75) is 32.5 Å². The number of aromatic nitrogens is 5. The van der Waals surface area contributed by atoms with Crippen molar-refractivity contribution in [2.24, 2.45) is 7.05 Å². The molecule has 0 N–H and O–H groups in total. The highest BCUT2D eigenvalue weighted by atomic mass is 32.2. The van der Waals surface area contributed by atoms with Crippen LogP contribution in [-0.4, -0.2) is 49.9 Å². The van der Waals surface area contributed by atoms with Crippen molar-refractivity contribution in [1.29, 1.82) is 0 Å². The van der Waals surface area contributed by atoms with Gasteiger partial charge in [0, 0.05) is 37.6 Å². The molecule has 0 aliphatic carbocycles. The lowest BCUT2D eigenvalue weighted by Gasteiger charge is -2.21. The van der Waals surface area contributed by atoms with Gasteiger partial charge in [-0.1, -0.05) is 36.0 Å². The number of amides is 1. The van der Waals surface area contributed by atoms with Gasteiger partial charge in [-0.05, 0) is 50.6 Å². The summed E-state index contributed by atoms with van der Waals surface area (Å²) in [5.74, 6) is 1.79. The number of carbonyl (C=O) groups excluding carboxylic acids is 1. The van der Waals surface area contributed by atoms with Crippen LogP contribution in [0.1, 0.15) is 19.4 Å².